The second-order valence-corrected chi connectivity index (χ2v) is 6.95. The molecule has 3 rings (SSSR count). The molecule has 0 aliphatic carbocycles. The lowest BCUT2D eigenvalue weighted by atomic mass is 9.98. The molecule has 1 aliphatic heterocycles. The van der Waals surface area contributed by atoms with Gasteiger partial charge in [0.2, 0.25) is 5.91 Å². The maximum absolute atomic E-state index is 12.5. The third-order valence-corrected chi connectivity index (χ3v) is 4.84. The second-order valence-electron chi connectivity index (χ2n) is 6.95. The number of amides is 2. The van der Waals surface area contributed by atoms with Crippen molar-refractivity contribution in [3.63, 3.8) is 0 Å². The highest BCUT2D eigenvalue weighted by molar-refractivity contribution is 5.98. The molecule has 2 aromatic rings. The van der Waals surface area contributed by atoms with Crippen LogP contribution in [0.4, 0.5) is 5.69 Å². The fraction of sp³-hybridized carbons (Fsp3) is 0.318. The van der Waals surface area contributed by atoms with Gasteiger partial charge < -0.3 is 20.5 Å². The number of ether oxygens (including phenoxy) is 1. The van der Waals surface area contributed by atoms with Crippen LogP contribution in [0, 0.1) is 5.92 Å². The van der Waals surface area contributed by atoms with E-state index in [0.29, 0.717) is 31.4 Å². The molecule has 0 fully saturated rings. The lowest BCUT2D eigenvalue weighted by Crippen LogP contribution is -2.34. The van der Waals surface area contributed by atoms with Gasteiger partial charge in [0.15, 0.2) is 0 Å². The van der Waals surface area contributed by atoms with Gasteiger partial charge >= 0.3 is 5.97 Å². The Labute approximate surface area is 169 Å². The first-order chi connectivity index (χ1) is 14.0. The average Bonchev–Trinajstić information content (AvgIpc) is 2.71. The van der Waals surface area contributed by atoms with Gasteiger partial charge in [-0.2, -0.15) is 0 Å². The summed E-state index contributed by atoms with van der Waals surface area (Å²) in [5.41, 5.74) is 2.93. The van der Waals surface area contributed by atoms with Crippen molar-refractivity contribution in [3.05, 3.63) is 59.2 Å². The van der Waals surface area contributed by atoms with E-state index < -0.39 is 11.9 Å². The van der Waals surface area contributed by atoms with Crippen LogP contribution in [-0.4, -0.2) is 36.0 Å². The molecule has 7 nitrogen and oxygen atoms in total. The molecule has 0 radical (unpaired) electrons. The Hall–Kier alpha value is -3.35. The van der Waals surface area contributed by atoms with Crippen LogP contribution >= 0.6 is 0 Å². The van der Waals surface area contributed by atoms with E-state index in [4.69, 9.17) is 4.74 Å². The SMILES string of the molecule is CCOc1ccc(CC(CNC(=O)c2ccc3c(c2)CCC(=O)N3)C(=O)O)cc1. The van der Waals surface area contributed by atoms with Gasteiger partial charge in [-0.3, -0.25) is 14.4 Å². The van der Waals surface area contributed by atoms with Crippen molar-refractivity contribution in [1.82, 2.24) is 5.32 Å². The number of carbonyl (C=O) groups excluding carboxylic acids is 2. The molecular weight excluding hydrogens is 372 g/mol. The van der Waals surface area contributed by atoms with Gasteiger partial charge in [-0.25, -0.2) is 0 Å². The fourth-order valence-corrected chi connectivity index (χ4v) is 3.26. The van der Waals surface area contributed by atoms with Gasteiger partial charge in [-0.05, 0) is 61.2 Å². The van der Waals surface area contributed by atoms with E-state index in [1.54, 1.807) is 18.2 Å². The summed E-state index contributed by atoms with van der Waals surface area (Å²) >= 11 is 0. The normalized spacial score (nSPS) is 13.8. The highest BCUT2D eigenvalue weighted by Gasteiger charge is 2.21. The molecule has 1 unspecified atom stereocenters. The third-order valence-electron chi connectivity index (χ3n) is 4.84. The van der Waals surface area contributed by atoms with Crippen molar-refractivity contribution < 1.29 is 24.2 Å². The molecule has 1 atom stereocenters. The lowest BCUT2D eigenvalue weighted by Gasteiger charge is -2.18. The van der Waals surface area contributed by atoms with Crippen LogP contribution in [0.1, 0.15) is 34.8 Å². The standard InChI is InChI=1S/C22H24N2O5/c1-2-29-18-7-3-14(4-8-18)11-17(22(27)28)13-23-21(26)16-5-9-19-15(12-16)6-10-20(25)24-19/h3-5,7-9,12,17H,2,6,10-11,13H2,1H3,(H,23,26)(H,24,25)(H,27,28). The topological polar surface area (TPSA) is 105 Å². The predicted molar refractivity (Wildman–Crippen MR) is 108 cm³/mol. The molecule has 2 aromatic carbocycles. The van der Waals surface area contributed by atoms with Crippen LogP contribution < -0.4 is 15.4 Å². The van der Waals surface area contributed by atoms with Crippen LogP contribution in [0.25, 0.3) is 0 Å². The molecule has 7 heteroatoms. The zero-order valence-corrected chi connectivity index (χ0v) is 16.2. The van der Waals surface area contributed by atoms with Crippen LogP contribution in [0.5, 0.6) is 5.75 Å². The number of anilines is 1. The summed E-state index contributed by atoms with van der Waals surface area (Å²) in [6.07, 6.45) is 1.28. The summed E-state index contributed by atoms with van der Waals surface area (Å²) in [5.74, 6) is -1.34. The molecule has 29 heavy (non-hydrogen) atoms. The van der Waals surface area contributed by atoms with E-state index in [-0.39, 0.29) is 18.4 Å². The molecule has 0 spiro atoms. The van der Waals surface area contributed by atoms with Gasteiger partial charge in [-0.15, -0.1) is 0 Å². The van der Waals surface area contributed by atoms with Crippen molar-refractivity contribution in [2.24, 2.45) is 5.92 Å². The zero-order chi connectivity index (χ0) is 20.8. The minimum absolute atomic E-state index is 0.0230. The smallest absolute Gasteiger partial charge is 0.308 e. The average molecular weight is 396 g/mol. The molecule has 0 bridgehead atoms. The van der Waals surface area contributed by atoms with Crippen LogP contribution in [0.3, 0.4) is 0 Å². The summed E-state index contributed by atoms with van der Waals surface area (Å²) < 4.78 is 5.39. The van der Waals surface area contributed by atoms with Crippen LogP contribution in [-0.2, 0) is 22.4 Å². The maximum atomic E-state index is 12.5. The molecular formula is C22H24N2O5. The number of benzene rings is 2. The molecule has 0 aromatic heterocycles. The first kappa shape index (κ1) is 20.4. The first-order valence-corrected chi connectivity index (χ1v) is 9.61. The minimum Gasteiger partial charge on any atom is -0.494 e. The second kappa shape index (κ2) is 9.23. The van der Waals surface area contributed by atoms with Gasteiger partial charge in [0.05, 0.1) is 12.5 Å². The Bertz CT molecular complexity index is 908. The predicted octanol–water partition coefficient (Wildman–Crippen LogP) is 2.64. The molecule has 1 heterocycles. The van der Waals surface area contributed by atoms with Crippen molar-refractivity contribution in [2.45, 2.75) is 26.2 Å². The fourth-order valence-electron chi connectivity index (χ4n) is 3.26. The highest BCUT2D eigenvalue weighted by Crippen LogP contribution is 2.23. The van der Waals surface area contributed by atoms with Gasteiger partial charge in [-0.1, -0.05) is 12.1 Å². The lowest BCUT2D eigenvalue weighted by molar-refractivity contribution is -0.141. The summed E-state index contributed by atoms with van der Waals surface area (Å²) in [6.45, 7) is 2.49. The van der Waals surface area contributed by atoms with Crippen molar-refractivity contribution in [1.29, 1.82) is 0 Å². The number of aryl methyl sites for hydroxylation is 1. The minimum atomic E-state index is -0.965. The number of aliphatic carboxylic acids is 1. The number of hydrogen-bond donors (Lipinski definition) is 3. The number of nitrogens with one attached hydrogen (secondary N) is 2. The number of carbonyl (C=O) groups is 3. The quantitative estimate of drug-likeness (QED) is 0.636. The monoisotopic (exact) mass is 396 g/mol. The molecule has 1 aliphatic rings. The number of fused-ring (bicyclic) bond motifs is 1. The van der Waals surface area contributed by atoms with Crippen LogP contribution in [0.2, 0.25) is 0 Å². The summed E-state index contributed by atoms with van der Waals surface area (Å²) in [7, 11) is 0. The number of carboxylic acids is 1. The van der Waals surface area contributed by atoms with Crippen molar-refractivity contribution in [3.8, 4) is 5.75 Å². The van der Waals surface area contributed by atoms with Crippen molar-refractivity contribution >= 4 is 23.5 Å². The van der Waals surface area contributed by atoms with Crippen LogP contribution in [0.15, 0.2) is 42.5 Å². The van der Waals surface area contributed by atoms with E-state index in [0.717, 1.165) is 22.6 Å². The largest absolute Gasteiger partial charge is 0.494 e. The van der Waals surface area contributed by atoms with Gasteiger partial charge in [0.25, 0.3) is 5.91 Å². The Morgan fingerprint density at radius 3 is 2.62 bits per heavy atom. The summed E-state index contributed by atoms with van der Waals surface area (Å²) in [4.78, 5) is 35.5. The zero-order valence-electron chi connectivity index (χ0n) is 16.2. The number of rotatable bonds is 8. The Morgan fingerprint density at radius 2 is 1.93 bits per heavy atom. The summed E-state index contributed by atoms with van der Waals surface area (Å²) in [6, 6.07) is 12.4. The maximum Gasteiger partial charge on any atom is 0.308 e. The van der Waals surface area contributed by atoms with Gasteiger partial charge in [0.1, 0.15) is 5.75 Å². The van der Waals surface area contributed by atoms with E-state index in [9.17, 15) is 19.5 Å². The molecule has 2 amide bonds. The van der Waals surface area contributed by atoms with E-state index in [2.05, 4.69) is 10.6 Å². The molecule has 152 valence electrons. The third kappa shape index (κ3) is 5.34. The number of hydrogen-bond acceptors (Lipinski definition) is 4. The highest BCUT2D eigenvalue weighted by atomic mass is 16.5. The Kier molecular flexibility index (Phi) is 6.49. The first-order valence-electron chi connectivity index (χ1n) is 9.61. The van der Waals surface area contributed by atoms with E-state index in [1.807, 2.05) is 31.2 Å². The number of carboxylic acid groups (broad SMARTS) is 1. The Morgan fingerprint density at radius 1 is 1.17 bits per heavy atom. The summed E-state index contributed by atoms with van der Waals surface area (Å²) in [5, 5.41) is 15.0. The molecule has 0 saturated carbocycles. The van der Waals surface area contributed by atoms with Crippen molar-refractivity contribution in [2.75, 3.05) is 18.5 Å². The Balaban J connectivity index is 1.60. The molecule has 3 N–H and O–H groups in total. The molecule has 0 saturated heterocycles. The van der Waals surface area contributed by atoms with Gasteiger partial charge in [0, 0.05) is 24.2 Å². The van der Waals surface area contributed by atoms with E-state index in [1.165, 1.54) is 0 Å². The van der Waals surface area contributed by atoms with E-state index >= 15 is 0 Å².